The Balaban J connectivity index is 1.72. The number of ketones is 1. The van der Waals surface area contributed by atoms with Gasteiger partial charge in [0.05, 0.1) is 17.4 Å². The molecule has 0 saturated carbocycles. The number of hydrogen-bond donors (Lipinski definition) is 1. The summed E-state index contributed by atoms with van der Waals surface area (Å²) in [5.41, 5.74) is 5.34. The predicted octanol–water partition coefficient (Wildman–Crippen LogP) is 4.15. The first kappa shape index (κ1) is 21.5. The van der Waals surface area contributed by atoms with Crippen molar-refractivity contribution >= 4 is 17.4 Å². The molecule has 0 aliphatic rings. The van der Waals surface area contributed by atoms with E-state index in [0.717, 1.165) is 22.6 Å². The van der Waals surface area contributed by atoms with Gasteiger partial charge in [-0.2, -0.15) is 5.10 Å². The summed E-state index contributed by atoms with van der Waals surface area (Å²) >= 11 is 0. The van der Waals surface area contributed by atoms with Gasteiger partial charge in [-0.15, -0.1) is 0 Å². The Bertz CT molecular complexity index is 1060. The molecule has 1 N–H and O–H groups in total. The molecule has 0 aliphatic heterocycles. The van der Waals surface area contributed by atoms with Gasteiger partial charge in [-0.1, -0.05) is 30.3 Å². The van der Waals surface area contributed by atoms with Gasteiger partial charge in [0.15, 0.2) is 5.78 Å². The van der Waals surface area contributed by atoms with Gasteiger partial charge in [-0.3, -0.25) is 14.5 Å². The number of amides is 1. The van der Waals surface area contributed by atoms with Crippen molar-refractivity contribution in [1.82, 2.24) is 14.7 Å². The molecule has 0 unspecified atom stereocenters. The number of aromatic nitrogens is 2. The minimum Gasteiger partial charge on any atom is -0.325 e. The lowest BCUT2D eigenvalue weighted by Crippen LogP contribution is -2.39. The van der Waals surface area contributed by atoms with E-state index >= 15 is 0 Å². The third-order valence-corrected chi connectivity index (χ3v) is 5.43. The largest absolute Gasteiger partial charge is 0.325 e. The maximum absolute atomic E-state index is 12.8. The molecule has 1 atom stereocenters. The molecule has 6 heteroatoms. The molecule has 0 aliphatic carbocycles. The van der Waals surface area contributed by atoms with Gasteiger partial charge in [-0.05, 0) is 59.0 Å². The predicted molar refractivity (Wildman–Crippen MR) is 119 cm³/mol. The topological polar surface area (TPSA) is 67.2 Å². The summed E-state index contributed by atoms with van der Waals surface area (Å²) in [7, 11) is 1.93. The van der Waals surface area contributed by atoms with E-state index in [1.54, 1.807) is 24.3 Å². The van der Waals surface area contributed by atoms with E-state index in [4.69, 9.17) is 0 Å². The normalized spacial score (nSPS) is 12.1. The second-order valence-corrected chi connectivity index (χ2v) is 7.61. The molecule has 0 radical (unpaired) electrons. The number of benzene rings is 2. The highest BCUT2D eigenvalue weighted by atomic mass is 16.2. The number of para-hydroxylation sites is 1. The Labute approximate surface area is 177 Å². The smallest absolute Gasteiger partial charge is 0.241 e. The fraction of sp³-hybridized carbons (Fsp3) is 0.292. The first-order chi connectivity index (χ1) is 14.3. The number of nitrogens with zero attached hydrogens (tertiary/aromatic N) is 3. The number of Topliss-reactive ketones (excluding diaryl/α,β-unsaturated/α-hetero) is 1. The van der Waals surface area contributed by atoms with Crippen LogP contribution in [-0.4, -0.2) is 39.5 Å². The molecule has 30 heavy (non-hydrogen) atoms. The molecule has 1 amide bonds. The Morgan fingerprint density at radius 2 is 1.80 bits per heavy atom. The quantitative estimate of drug-likeness (QED) is 0.601. The van der Waals surface area contributed by atoms with E-state index in [2.05, 4.69) is 10.4 Å². The van der Waals surface area contributed by atoms with Crippen LogP contribution in [0.25, 0.3) is 5.69 Å². The Hall–Kier alpha value is -3.25. The van der Waals surface area contributed by atoms with Crippen molar-refractivity contribution in [3.63, 3.8) is 0 Å². The fourth-order valence-electron chi connectivity index (χ4n) is 3.37. The minimum atomic E-state index is -0.357. The molecule has 1 aromatic heterocycles. The van der Waals surface area contributed by atoms with Crippen molar-refractivity contribution in [2.45, 2.75) is 40.3 Å². The molecule has 0 saturated heterocycles. The maximum Gasteiger partial charge on any atom is 0.241 e. The SMILES string of the molecule is CC(=O)c1cccc(NC(=O)[C@@H](C)N(C)Cc2c(C)nn(-c3ccccc3)c2C)c1. The van der Waals surface area contributed by atoms with Crippen LogP contribution in [0, 0.1) is 13.8 Å². The van der Waals surface area contributed by atoms with Crippen molar-refractivity contribution in [1.29, 1.82) is 0 Å². The Morgan fingerprint density at radius 3 is 2.47 bits per heavy atom. The summed E-state index contributed by atoms with van der Waals surface area (Å²) in [4.78, 5) is 26.3. The van der Waals surface area contributed by atoms with Gasteiger partial charge >= 0.3 is 0 Å². The highest BCUT2D eigenvalue weighted by Crippen LogP contribution is 2.20. The molecular weight excluding hydrogens is 376 g/mol. The highest BCUT2D eigenvalue weighted by molar-refractivity contribution is 5.98. The lowest BCUT2D eigenvalue weighted by molar-refractivity contribution is -0.120. The second-order valence-electron chi connectivity index (χ2n) is 7.61. The molecule has 1 heterocycles. The van der Waals surface area contributed by atoms with Crippen LogP contribution in [-0.2, 0) is 11.3 Å². The summed E-state index contributed by atoms with van der Waals surface area (Å²) in [5, 5.41) is 7.60. The van der Waals surface area contributed by atoms with Crippen molar-refractivity contribution in [2.24, 2.45) is 0 Å². The fourth-order valence-corrected chi connectivity index (χ4v) is 3.37. The number of anilines is 1. The Kier molecular flexibility index (Phi) is 6.47. The van der Waals surface area contributed by atoms with Gasteiger partial charge in [-0.25, -0.2) is 4.68 Å². The van der Waals surface area contributed by atoms with Gasteiger partial charge in [0, 0.05) is 29.1 Å². The van der Waals surface area contributed by atoms with Gasteiger partial charge in [0.1, 0.15) is 0 Å². The summed E-state index contributed by atoms with van der Waals surface area (Å²) in [6, 6.07) is 16.7. The molecule has 0 spiro atoms. The molecule has 156 valence electrons. The highest BCUT2D eigenvalue weighted by Gasteiger charge is 2.22. The molecule has 3 rings (SSSR count). The summed E-state index contributed by atoms with van der Waals surface area (Å²) < 4.78 is 1.94. The van der Waals surface area contributed by atoms with Crippen LogP contribution >= 0.6 is 0 Å². The van der Waals surface area contributed by atoms with Crippen LogP contribution in [0.4, 0.5) is 5.69 Å². The molecule has 0 bridgehead atoms. The average Bonchev–Trinajstić information content (AvgIpc) is 3.02. The van der Waals surface area contributed by atoms with Gasteiger partial charge < -0.3 is 5.32 Å². The molecular formula is C24H28N4O2. The van der Waals surface area contributed by atoms with Crippen LogP contribution < -0.4 is 5.32 Å². The third-order valence-electron chi connectivity index (χ3n) is 5.43. The second kappa shape index (κ2) is 9.05. The maximum atomic E-state index is 12.8. The van der Waals surface area contributed by atoms with E-state index in [1.807, 2.05) is 67.7 Å². The average molecular weight is 405 g/mol. The zero-order valence-electron chi connectivity index (χ0n) is 18.1. The van der Waals surface area contributed by atoms with Crippen LogP contribution in [0.3, 0.4) is 0 Å². The molecule has 3 aromatic rings. The van der Waals surface area contributed by atoms with Crippen LogP contribution in [0.15, 0.2) is 54.6 Å². The number of carbonyl (C=O) groups excluding carboxylic acids is 2. The van der Waals surface area contributed by atoms with Crippen LogP contribution in [0.2, 0.25) is 0 Å². The standard InChI is InChI=1S/C24H28N4O2/c1-16-23(17(2)28(26-16)22-12-7-6-8-13-22)15-27(5)18(3)24(30)25-21-11-9-10-20(14-21)19(4)29/h6-14,18H,15H2,1-5H3,(H,25,30)/t18-/m1/s1. The molecule has 6 nitrogen and oxygen atoms in total. The number of likely N-dealkylation sites (N-methyl/N-ethyl adjacent to an activating group) is 1. The first-order valence-electron chi connectivity index (χ1n) is 10.0. The van der Waals surface area contributed by atoms with E-state index in [0.29, 0.717) is 17.8 Å². The van der Waals surface area contributed by atoms with Crippen molar-refractivity contribution in [3.05, 3.63) is 77.1 Å². The Morgan fingerprint density at radius 1 is 1.10 bits per heavy atom. The lowest BCUT2D eigenvalue weighted by Gasteiger charge is -2.24. The summed E-state index contributed by atoms with van der Waals surface area (Å²) in [5.74, 6) is -0.151. The van der Waals surface area contributed by atoms with E-state index in [9.17, 15) is 9.59 Å². The molecule has 0 fully saturated rings. The van der Waals surface area contributed by atoms with Crippen LogP contribution in [0.5, 0.6) is 0 Å². The van der Waals surface area contributed by atoms with E-state index < -0.39 is 0 Å². The monoisotopic (exact) mass is 404 g/mol. The number of aryl methyl sites for hydroxylation is 1. The number of hydrogen-bond acceptors (Lipinski definition) is 4. The minimum absolute atomic E-state index is 0.0300. The number of carbonyl (C=O) groups is 2. The summed E-state index contributed by atoms with van der Waals surface area (Å²) in [6.45, 7) is 8.03. The van der Waals surface area contributed by atoms with Crippen molar-refractivity contribution < 1.29 is 9.59 Å². The van der Waals surface area contributed by atoms with Gasteiger partial charge in [0.2, 0.25) is 5.91 Å². The van der Waals surface area contributed by atoms with Gasteiger partial charge in [0.25, 0.3) is 0 Å². The summed E-state index contributed by atoms with van der Waals surface area (Å²) in [6.07, 6.45) is 0. The van der Waals surface area contributed by atoms with Crippen molar-refractivity contribution in [2.75, 3.05) is 12.4 Å². The number of rotatable bonds is 7. The molecule has 2 aromatic carbocycles. The third kappa shape index (κ3) is 4.66. The zero-order chi connectivity index (χ0) is 21.8. The first-order valence-corrected chi connectivity index (χ1v) is 10.0. The van der Waals surface area contributed by atoms with Crippen LogP contribution in [0.1, 0.15) is 41.2 Å². The number of nitrogens with one attached hydrogen (secondary N) is 1. The van der Waals surface area contributed by atoms with Crippen molar-refractivity contribution in [3.8, 4) is 5.69 Å². The zero-order valence-corrected chi connectivity index (χ0v) is 18.1. The van der Waals surface area contributed by atoms with E-state index in [1.165, 1.54) is 6.92 Å². The lowest BCUT2D eigenvalue weighted by atomic mass is 10.1. The van der Waals surface area contributed by atoms with E-state index in [-0.39, 0.29) is 17.7 Å².